The molecule has 0 aliphatic carbocycles. The Morgan fingerprint density at radius 2 is 1.58 bits per heavy atom. The zero-order valence-corrected chi connectivity index (χ0v) is 19.4. The highest BCUT2D eigenvalue weighted by molar-refractivity contribution is 8.45. The van der Waals surface area contributed by atoms with Gasteiger partial charge in [-0.05, 0) is 55.5 Å². The summed E-state index contributed by atoms with van der Waals surface area (Å²) < 4.78 is 75.9. The Morgan fingerprint density at radius 1 is 0.944 bits per heavy atom. The molecule has 1 atom stereocenters. The molecule has 0 saturated carbocycles. The fourth-order valence-electron chi connectivity index (χ4n) is 2.89. The van der Waals surface area contributed by atoms with Crippen LogP contribution in [-0.2, 0) is 0 Å². The van der Waals surface area contributed by atoms with Gasteiger partial charge in [0.15, 0.2) is 17.0 Å². The molecular formula is C24H18F5N3O3S. The van der Waals surface area contributed by atoms with E-state index in [-0.39, 0.29) is 34.8 Å². The van der Waals surface area contributed by atoms with E-state index in [1.807, 2.05) is 12.1 Å². The van der Waals surface area contributed by atoms with E-state index >= 15 is 0 Å². The van der Waals surface area contributed by atoms with Crippen molar-refractivity contribution in [3.63, 3.8) is 0 Å². The number of carbonyl (C=O) groups is 1. The van der Waals surface area contributed by atoms with Crippen LogP contribution >= 0.6 is 10.2 Å². The van der Waals surface area contributed by atoms with Gasteiger partial charge in [-0.1, -0.05) is 37.6 Å². The molecule has 3 aromatic rings. The molecule has 0 saturated heterocycles. The predicted molar refractivity (Wildman–Crippen MR) is 122 cm³/mol. The molecule has 0 radical (unpaired) electrons. The Hall–Kier alpha value is -4.29. The van der Waals surface area contributed by atoms with Gasteiger partial charge in [0.25, 0.3) is 5.91 Å². The van der Waals surface area contributed by atoms with Crippen molar-refractivity contribution in [2.75, 3.05) is 6.61 Å². The summed E-state index contributed by atoms with van der Waals surface area (Å²) in [4.78, 5) is 10.4. The highest BCUT2D eigenvalue weighted by Gasteiger charge is 2.65. The first-order valence-corrected chi connectivity index (χ1v) is 12.1. The van der Waals surface area contributed by atoms with Crippen molar-refractivity contribution in [1.82, 2.24) is 5.32 Å². The van der Waals surface area contributed by atoms with E-state index in [2.05, 4.69) is 5.32 Å². The van der Waals surface area contributed by atoms with Crippen LogP contribution in [0.3, 0.4) is 0 Å². The van der Waals surface area contributed by atoms with Crippen LogP contribution in [0.2, 0.25) is 0 Å². The number of hydrogen-bond acceptors (Lipinski definition) is 5. The van der Waals surface area contributed by atoms with E-state index in [9.17, 15) is 34.7 Å². The summed E-state index contributed by atoms with van der Waals surface area (Å²) in [5.74, 6) is -0.200. The Balaban J connectivity index is 1.77. The van der Waals surface area contributed by atoms with Crippen LogP contribution in [0.5, 0.6) is 17.2 Å². The smallest absolute Gasteiger partial charge is 0.310 e. The van der Waals surface area contributed by atoms with Gasteiger partial charge < -0.3 is 14.8 Å². The first kappa shape index (κ1) is 26.3. The molecule has 3 rings (SSSR count). The third-order valence-corrected chi connectivity index (χ3v) is 5.92. The first-order chi connectivity index (χ1) is 16.6. The lowest BCUT2D eigenvalue weighted by Gasteiger charge is -2.40. The second-order valence-electron chi connectivity index (χ2n) is 7.87. The van der Waals surface area contributed by atoms with Crippen LogP contribution < -0.4 is 14.8 Å². The zero-order chi connectivity index (χ0) is 26.7. The van der Waals surface area contributed by atoms with Crippen LogP contribution in [0.25, 0.3) is 0 Å². The van der Waals surface area contributed by atoms with Crippen LogP contribution in [0.4, 0.5) is 19.4 Å². The monoisotopic (exact) mass is 523 g/mol. The third kappa shape index (κ3) is 6.64. The number of hydrogen-bond donors (Lipinski definition) is 1. The third-order valence-electron chi connectivity index (χ3n) is 4.76. The number of nitriles is 2. The molecule has 0 aromatic heterocycles. The minimum Gasteiger partial charge on any atom is -0.486 e. The van der Waals surface area contributed by atoms with Crippen LogP contribution in [0.1, 0.15) is 22.8 Å². The van der Waals surface area contributed by atoms with Crippen LogP contribution in [-0.4, -0.2) is 18.1 Å². The largest absolute Gasteiger partial charge is 0.486 e. The van der Waals surface area contributed by atoms with Gasteiger partial charge in [-0.3, -0.25) is 4.79 Å². The van der Waals surface area contributed by atoms with Crippen molar-refractivity contribution in [3.8, 4) is 29.4 Å². The van der Waals surface area contributed by atoms with E-state index in [4.69, 9.17) is 9.47 Å². The van der Waals surface area contributed by atoms with E-state index in [1.54, 1.807) is 30.3 Å². The molecule has 1 unspecified atom stereocenters. The Morgan fingerprint density at radius 3 is 2.14 bits per heavy atom. The molecule has 0 spiro atoms. The number of benzene rings is 3. The topological polar surface area (TPSA) is 95.1 Å². The standard InChI is InChI=1S/C24H18F5N3O3S/c1-24(15-31,32-23(33)18-8-10-20(11-9-18)36(25,26,27,28)29)16-34-22-13-17(14-30)7-12-21(22)35-19-5-3-2-4-6-19/h2-13H,16H2,1H3,(H,32,33). The summed E-state index contributed by atoms with van der Waals surface area (Å²) >= 11 is 0. The van der Waals surface area contributed by atoms with Gasteiger partial charge in [-0.15, -0.1) is 0 Å². The summed E-state index contributed by atoms with van der Waals surface area (Å²) in [6.07, 6.45) is 0. The zero-order valence-electron chi connectivity index (χ0n) is 18.6. The Kier molecular flexibility index (Phi) is 6.38. The van der Waals surface area contributed by atoms with E-state index in [0.717, 1.165) is 0 Å². The van der Waals surface area contributed by atoms with Gasteiger partial charge >= 0.3 is 10.2 Å². The molecular weight excluding hydrogens is 505 g/mol. The summed E-state index contributed by atoms with van der Waals surface area (Å²) in [5, 5.41) is 21.1. The first-order valence-electron chi connectivity index (χ1n) is 10.1. The highest BCUT2D eigenvalue weighted by atomic mass is 32.5. The molecule has 1 amide bonds. The van der Waals surface area contributed by atoms with Crippen molar-refractivity contribution in [3.05, 3.63) is 83.9 Å². The van der Waals surface area contributed by atoms with Crippen molar-refractivity contribution in [2.24, 2.45) is 0 Å². The average molecular weight is 523 g/mol. The second-order valence-corrected chi connectivity index (χ2v) is 10.3. The van der Waals surface area contributed by atoms with Gasteiger partial charge in [0, 0.05) is 11.6 Å². The number of nitrogens with zero attached hydrogens (tertiary/aromatic N) is 2. The van der Waals surface area contributed by atoms with Gasteiger partial charge in [0.05, 0.1) is 17.7 Å². The molecule has 36 heavy (non-hydrogen) atoms. The van der Waals surface area contributed by atoms with Gasteiger partial charge in [0.2, 0.25) is 0 Å². The van der Waals surface area contributed by atoms with Gasteiger partial charge in [-0.2, -0.15) is 10.5 Å². The molecule has 6 nitrogen and oxygen atoms in total. The van der Waals surface area contributed by atoms with E-state index in [1.165, 1.54) is 25.1 Å². The minimum atomic E-state index is -9.89. The number of rotatable bonds is 8. The highest BCUT2D eigenvalue weighted by Crippen LogP contribution is 3.02. The fourth-order valence-corrected chi connectivity index (χ4v) is 3.55. The van der Waals surface area contributed by atoms with Gasteiger partial charge in [-0.25, -0.2) is 0 Å². The normalized spacial score (nSPS) is 14.7. The molecule has 3 aromatic carbocycles. The van der Waals surface area contributed by atoms with E-state index < -0.39 is 33.2 Å². The van der Waals surface area contributed by atoms with Crippen LogP contribution in [0.15, 0.2) is 77.7 Å². The number of ether oxygens (including phenoxy) is 2. The maximum absolute atomic E-state index is 12.9. The lowest BCUT2D eigenvalue weighted by molar-refractivity contribution is 0.0900. The van der Waals surface area contributed by atoms with Crippen molar-refractivity contribution in [2.45, 2.75) is 17.4 Å². The maximum Gasteiger partial charge on any atom is 0.310 e. The summed E-state index contributed by atoms with van der Waals surface area (Å²) in [6, 6.07) is 18.2. The lowest BCUT2D eigenvalue weighted by Crippen LogP contribution is -2.49. The SMILES string of the molecule is CC(C#N)(COc1cc(C#N)ccc1Oc1ccccc1)NC(=O)c1ccc(S(F)(F)(F)(F)F)cc1. The maximum atomic E-state index is 12.9. The van der Waals surface area contributed by atoms with Crippen molar-refractivity contribution >= 4 is 16.1 Å². The van der Waals surface area contributed by atoms with Crippen molar-refractivity contribution < 1.29 is 33.7 Å². The number of carbonyl (C=O) groups excluding carboxylic acids is 1. The molecule has 12 heteroatoms. The summed E-state index contributed by atoms with van der Waals surface area (Å²) in [6.45, 7) is 0.846. The average Bonchev–Trinajstić information content (AvgIpc) is 2.82. The fraction of sp³-hybridized carbons (Fsp3) is 0.125. The molecule has 0 fully saturated rings. The lowest BCUT2D eigenvalue weighted by atomic mass is 10.0. The number of para-hydroxylation sites is 1. The Labute approximate surface area is 203 Å². The van der Waals surface area contributed by atoms with Gasteiger partial charge in [0.1, 0.15) is 17.3 Å². The predicted octanol–water partition coefficient (Wildman–Crippen LogP) is 7.10. The van der Waals surface area contributed by atoms with Crippen LogP contribution in [0, 0.1) is 22.7 Å². The quantitative estimate of drug-likeness (QED) is 0.318. The molecule has 1 N–H and O–H groups in total. The number of halogens is 5. The molecule has 188 valence electrons. The second kappa shape index (κ2) is 8.73. The molecule has 0 aliphatic rings. The number of nitrogens with one attached hydrogen (secondary N) is 1. The molecule has 0 bridgehead atoms. The summed E-state index contributed by atoms with van der Waals surface area (Å²) in [7, 11) is -9.89. The van der Waals surface area contributed by atoms with Crippen molar-refractivity contribution in [1.29, 1.82) is 10.5 Å². The van der Waals surface area contributed by atoms with E-state index in [0.29, 0.717) is 17.9 Å². The molecule has 0 aliphatic heterocycles. The Bertz CT molecular complexity index is 1370. The minimum absolute atomic E-state index is 0.0915. The summed E-state index contributed by atoms with van der Waals surface area (Å²) in [5.41, 5.74) is -1.83. The number of amides is 1. The molecule has 0 heterocycles.